The van der Waals surface area contributed by atoms with Gasteiger partial charge in [-0.25, -0.2) is 0 Å². The van der Waals surface area contributed by atoms with Gasteiger partial charge in [0.05, 0.1) is 0 Å². The molecule has 2 heteroatoms. The molecule has 0 aliphatic heterocycles. The number of hydrogen-bond donors (Lipinski definition) is 0. The lowest BCUT2D eigenvalue weighted by atomic mass is 10.1. The zero-order valence-electron chi connectivity index (χ0n) is 18.9. The van der Waals surface area contributed by atoms with Gasteiger partial charge in [-0.2, -0.15) is 0 Å². The van der Waals surface area contributed by atoms with Gasteiger partial charge in [-0.1, -0.05) is 90.7 Å². The molecule has 0 saturated heterocycles. The lowest BCUT2D eigenvalue weighted by Crippen LogP contribution is -2.32. The maximum Gasteiger partial charge on any atom is 0.222 e. The van der Waals surface area contributed by atoms with Crippen molar-refractivity contribution in [3.63, 3.8) is 0 Å². The van der Waals surface area contributed by atoms with Crippen LogP contribution in [0.15, 0.2) is 12.2 Å². The van der Waals surface area contributed by atoms with E-state index in [4.69, 9.17) is 0 Å². The fourth-order valence-corrected chi connectivity index (χ4v) is 3.49. The Bertz CT molecular complexity index is 337. The highest BCUT2D eigenvalue weighted by molar-refractivity contribution is 5.76. The van der Waals surface area contributed by atoms with Crippen LogP contribution in [0.25, 0.3) is 0 Å². The van der Waals surface area contributed by atoms with Crippen LogP contribution in [0.5, 0.6) is 0 Å². The molecule has 0 saturated carbocycles. The molecule has 0 aliphatic carbocycles. The lowest BCUT2D eigenvalue weighted by Gasteiger charge is -2.21. The fraction of sp³-hybridized carbons (Fsp3) is 0.880. The molecule has 0 bridgehead atoms. The number of amides is 1. The van der Waals surface area contributed by atoms with Crippen molar-refractivity contribution in [3.8, 4) is 0 Å². The Morgan fingerprint density at radius 2 is 1.11 bits per heavy atom. The quantitative estimate of drug-likeness (QED) is 0.155. The Kier molecular flexibility index (Phi) is 20.9. The Morgan fingerprint density at radius 1 is 0.593 bits per heavy atom. The first-order valence-corrected chi connectivity index (χ1v) is 12.2. The molecule has 27 heavy (non-hydrogen) atoms. The maximum absolute atomic E-state index is 12.3. The third-order valence-electron chi connectivity index (χ3n) is 5.28. The summed E-state index contributed by atoms with van der Waals surface area (Å²) in [6, 6.07) is 0. The van der Waals surface area contributed by atoms with E-state index in [-0.39, 0.29) is 0 Å². The number of unbranched alkanes of at least 4 members (excludes halogenated alkanes) is 12. The van der Waals surface area contributed by atoms with Crippen LogP contribution in [-0.4, -0.2) is 23.9 Å². The van der Waals surface area contributed by atoms with Crippen LogP contribution in [0.2, 0.25) is 0 Å². The molecule has 2 nitrogen and oxygen atoms in total. The van der Waals surface area contributed by atoms with Crippen LogP contribution >= 0.6 is 0 Å². The summed E-state index contributed by atoms with van der Waals surface area (Å²) in [6.45, 7) is 8.52. The normalized spacial score (nSPS) is 11.4. The van der Waals surface area contributed by atoms with Crippen LogP contribution in [0.4, 0.5) is 0 Å². The second-order valence-corrected chi connectivity index (χ2v) is 8.07. The average Bonchev–Trinajstić information content (AvgIpc) is 2.68. The number of rotatable bonds is 20. The molecule has 0 heterocycles. The van der Waals surface area contributed by atoms with Gasteiger partial charge in [-0.05, 0) is 44.9 Å². The topological polar surface area (TPSA) is 20.3 Å². The van der Waals surface area contributed by atoms with E-state index in [1.54, 1.807) is 0 Å². The van der Waals surface area contributed by atoms with Crippen molar-refractivity contribution >= 4 is 5.91 Å². The van der Waals surface area contributed by atoms with E-state index in [1.807, 2.05) is 0 Å². The summed E-state index contributed by atoms with van der Waals surface area (Å²) in [5.74, 6) is 0.378. The molecule has 0 atom stereocenters. The molecule has 0 fully saturated rings. The smallest absolute Gasteiger partial charge is 0.222 e. The standard InChI is InChI=1S/C25H49NO/c1-4-7-9-10-11-12-13-14-15-16-17-18-19-20-21-22-25(27)26(23-6-3)24-8-5-2/h14-15H,4-13,16-24H2,1-3H3/b15-14-. The first kappa shape index (κ1) is 26.2. The van der Waals surface area contributed by atoms with E-state index in [2.05, 4.69) is 37.8 Å². The molecule has 0 spiro atoms. The van der Waals surface area contributed by atoms with E-state index in [1.165, 1.54) is 83.5 Å². The molecule has 0 radical (unpaired) electrons. The van der Waals surface area contributed by atoms with Crippen molar-refractivity contribution in [2.24, 2.45) is 0 Å². The summed E-state index contributed by atoms with van der Waals surface area (Å²) >= 11 is 0. The number of carbonyl (C=O) groups is 1. The van der Waals surface area contributed by atoms with E-state index < -0.39 is 0 Å². The highest BCUT2D eigenvalue weighted by atomic mass is 16.2. The Balaban J connectivity index is 3.45. The van der Waals surface area contributed by atoms with Gasteiger partial charge in [0.1, 0.15) is 0 Å². The molecule has 0 unspecified atom stereocenters. The number of carbonyl (C=O) groups excluding carboxylic acids is 1. The number of hydrogen-bond acceptors (Lipinski definition) is 1. The average molecular weight is 380 g/mol. The van der Waals surface area contributed by atoms with Crippen molar-refractivity contribution in [3.05, 3.63) is 12.2 Å². The van der Waals surface area contributed by atoms with Crippen molar-refractivity contribution in [1.29, 1.82) is 0 Å². The molecular weight excluding hydrogens is 330 g/mol. The largest absolute Gasteiger partial charge is 0.343 e. The summed E-state index contributed by atoms with van der Waals surface area (Å²) in [7, 11) is 0. The Hall–Kier alpha value is -0.790. The van der Waals surface area contributed by atoms with E-state index in [0.29, 0.717) is 5.91 Å². The van der Waals surface area contributed by atoms with Gasteiger partial charge in [-0.3, -0.25) is 4.79 Å². The van der Waals surface area contributed by atoms with Gasteiger partial charge in [0.2, 0.25) is 5.91 Å². The van der Waals surface area contributed by atoms with E-state index >= 15 is 0 Å². The van der Waals surface area contributed by atoms with E-state index in [9.17, 15) is 4.79 Å². The van der Waals surface area contributed by atoms with Crippen LogP contribution < -0.4 is 0 Å². The highest BCUT2D eigenvalue weighted by Gasteiger charge is 2.11. The maximum atomic E-state index is 12.3. The second-order valence-electron chi connectivity index (χ2n) is 8.07. The third-order valence-corrected chi connectivity index (χ3v) is 5.28. The van der Waals surface area contributed by atoms with Crippen LogP contribution in [0.3, 0.4) is 0 Å². The summed E-state index contributed by atoms with van der Waals surface area (Å²) in [4.78, 5) is 14.4. The van der Waals surface area contributed by atoms with Gasteiger partial charge in [0.15, 0.2) is 0 Å². The van der Waals surface area contributed by atoms with Gasteiger partial charge in [-0.15, -0.1) is 0 Å². The first-order chi connectivity index (χ1) is 13.3. The first-order valence-electron chi connectivity index (χ1n) is 12.2. The molecule has 0 aromatic carbocycles. The van der Waals surface area contributed by atoms with Gasteiger partial charge in [0, 0.05) is 19.5 Å². The molecule has 0 aromatic rings. The van der Waals surface area contributed by atoms with Gasteiger partial charge in [0.25, 0.3) is 0 Å². The third kappa shape index (κ3) is 18.3. The monoisotopic (exact) mass is 379 g/mol. The molecular formula is C25H49NO. The van der Waals surface area contributed by atoms with Crippen molar-refractivity contribution in [1.82, 2.24) is 4.90 Å². The Morgan fingerprint density at radius 3 is 1.67 bits per heavy atom. The molecule has 160 valence electrons. The minimum Gasteiger partial charge on any atom is -0.343 e. The van der Waals surface area contributed by atoms with Crippen LogP contribution in [0, 0.1) is 0 Å². The predicted octanol–water partition coefficient (Wildman–Crippen LogP) is 8.06. The SMILES string of the molecule is CCCCCCCC/C=C\CCCCCCCC(=O)N(CCC)CCCC. The Labute approximate surface area is 171 Å². The summed E-state index contributed by atoms with van der Waals surface area (Å²) < 4.78 is 0. The highest BCUT2D eigenvalue weighted by Crippen LogP contribution is 2.11. The summed E-state index contributed by atoms with van der Waals surface area (Å²) in [6.07, 6.45) is 25.9. The van der Waals surface area contributed by atoms with Gasteiger partial charge < -0.3 is 4.90 Å². The predicted molar refractivity (Wildman–Crippen MR) is 121 cm³/mol. The van der Waals surface area contributed by atoms with Crippen LogP contribution in [-0.2, 0) is 4.79 Å². The summed E-state index contributed by atoms with van der Waals surface area (Å²) in [5, 5.41) is 0. The van der Waals surface area contributed by atoms with Crippen molar-refractivity contribution < 1.29 is 4.79 Å². The van der Waals surface area contributed by atoms with Gasteiger partial charge >= 0.3 is 0 Å². The molecule has 0 rings (SSSR count). The minimum absolute atomic E-state index is 0.378. The zero-order valence-corrected chi connectivity index (χ0v) is 18.9. The van der Waals surface area contributed by atoms with Crippen molar-refractivity contribution in [2.45, 2.75) is 130 Å². The molecule has 0 N–H and O–H groups in total. The second kappa shape index (κ2) is 21.5. The number of allylic oxidation sites excluding steroid dienone is 2. The lowest BCUT2D eigenvalue weighted by molar-refractivity contribution is -0.131. The number of nitrogens with zero attached hydrogens (tertiary/aromatic N) is 1. The molecule has 0 aromatic heterocycles. The van der Waals surface area contributed by atoms with Crippen molar-refractivity contribution in [2.75, 3.05) is 13.1 Å². The zero-order chi connectivity index (χ0) is 20.0. The molecule has 0 aliphatic rings. The van der Waals surface area contributed by atoms with Crippen LogP contribution in [0.1, 0.15) is 130 Å². The minimum atomic E-state index is 0.378. The fourth-order valence-electron chi connectivity index (χ4n) is 3.49. The summed E-state index contributed by atoms with van der Waals surface area (Å²) in [5.41, 5.74) is 0. The van der Waals surface area contributed by atoms with E-state index in [0.717, 1.165) is 38.8 Å². The molecule has 1 amide bonds.